The molecule has 2 aliphatic rings. The highest BCUT2D eigenvalue weighted by atomic mass is 35.5. The van der Waals surface area contributed by atoms with Gasteiger partial charge in [0.25, 0.3) is 5.91 Å². The van der Waals surface area contributed by atoms with E-state index in [4.69, 9.17) is 16.1 Å². The first-order valence-corrected chi connectivity index (χ1v) is 12.9. The first kappa shape index (κ1) is 26.4. The number of rotatable bonds is 4. The van der Waals surface area contributed by atoms with E-state index in [1.54, 1.807) is 26.0 Å². The summed E-state index contributed by atoms with van der Waals surface area (Å²) in [6, 6.07) is 13.5. The summed E-state index contributed by atoms with van der Waals surface area (Å²) >= 11 is 6.63. The molecule has 2 N–H and O–H groups in total. The number of nitrogens with zero attached hydrogens (tertiary/aromatic N) is 3. The molecule has 2 aromatic carbocycles. The SMILES string of the molecule is CC.Cc1noc(C)c1C(=O)Nc1ccc(N2CCN(C3C=CC(=O)Nc4ccccc43)CC2)c(Cl)c1. The van der Waals surface area contributed by atoms with E-state index >= 15 is 0 Å². The molecule has 1 unspecified atom stereocenters. The summed E-state index contributed by atoms with van der Waals surface area (Å²) in [5, 5.41) is 10.2. The fraction of sp³-hybridized carbons (Fsp3) is 0.321. The normalized spacial score (nSPS) is 17.3. The molecule has 0 radical (unpaired) electrons. The zero-order valence-corrected chi connectivity index (χ0v) is 22.3. The van der Waals surface area contributed by atoms with Crippen LogP contribution in [0.4, 0.5) is 17.1 Å². The predicted octanol–water partition coefficient (Wildman–Crippen LogP) is 5.59. The topological polar surface area (TPSA) is 90.7 Å². The van der Waals surface area contributed by atoms with Crippen LogP contribution >= 0.6 is 11.6 Å². The predicted molar refractivity (Wildman–Crippen MR) is 147 cm³/mol. The highest BCUT2D eigenvalue weighted by Crippen LogP contribution is 2.34. The lowest BCUT2D eigenvalue weighted by atomic mass is 10.0. The number of piperazine rings is 1. The average Bonchev–Trinajstić information content (AvgIpc) is 3.14. The van der Waals surface area contributed by atoms with Crippen molar-refractivity contribution in [3.8, 4) is 0 Å². The monoisotopic (exact) mass is 521 g/mol. The lowest BCUT2D eigenvalue weighted by Gasteiger charge is -2.40. The molecule has 1 atom stereocenters. The van der Waals surface area contributed by atoms with Gasteiger partial charge in [-0.05, 0) is 43.7 Å². The second-order valence-corrected chi connectivity index (χ2v) is 9.13. The van der Waals surface area contributed by atoms with Gasteiger partial charge in [0.15, 0.2) is 0 Å². The molecule has 3 aromatic rings. The number of hydrogen-bond acceptors (Lipinski definition) is 6. The van der Waals surface area contributed by atoms with Crippen LogP contribution < -0.4 is 15.5 Å². The zero-order valence-electron chi connectivity index (χ0n) is 21.5. The summed E-state index contributed by atoms with van der Waals surface area (Å²) in [7, 11) is 0. The van der Waals surface area contributed by atoms with Gasteiger partial charge in [0.1, 0.15) is 11.3 Å². The van der Waals surface area contributed by atoms with Crippen LogP contribution in [-0.2, 0) is 4.79 Å². The van der Waals surface area contributed by atoms with E-state index in [0.29, 0.717) is 27.7 Å². The van der Waals surface area contributed by atoms with Gasteiger partial charge in [-0.3, -0.25) is 14.5 Å². The Morgan fingerprint density at radius 1 is 1.11 bits per heavy atom. The standard InChI is InChI=1S/C26H26ClN5O3.C2H6/c1-16-25(17(2)35-30-16)26(34)28-18-7-8-23(20(27)15-18)32-13-11-31(12-14-32)22-9-10-24(33)29-21-6-4-3-5-19(21)22;1-2/h3-10,15,22H,11-14H2,1-2H3,(H,28,34)(H,29,33);1-2H3. The van der Waals surface area contributed by atoms with Crippen molar-refractivity contribution < 1.29 is 14.1 Å². The number of fused-ring (bicyclic) bond motifs is 1. The van der Waals surface area contributed by atoms with E-state index in [1.165, 1.54) is 0 Å². The molecule has 3 heterocycles. The van der Waals surface area contributed by atoms with Crippen molar-refractivity contribution in [1.82, 2.24) is 10.1 Å². The van der Waals surface area contributed by atoms with E-state index in [2.05, 4.69) is 31.7 Å². The highest BCUT2D eigenvalue weighted by molar-refractivity contribution is 6.33. The van der Waals surface area contributed by atoms with Gasteiger partial charge in [-0.1, -0.05) is 54.9 Å². The second kappa shape index (κ2) is 11.6. The Bertz CT molecular complexity index is 1290. The number of carbonyl (C=O) groups is 2. The Labute approximate surface area is 222 Å². The molecule has 2 amide bonds. The van der Waals surface area contributed by atoms with Crippen LogP contribution in [0, 0.1) is 13.8 Å². The largest absolute Gasteiger partial charge is 0.368 e. The third kappa shape index (κ3) is 5.70. The molecular weight excluding hydrogens is 490 g/mol. The number of halogens is 1. The molecule has 2 aliphatic heterocycles. The fourth-order valence-electron chi connectivity index (χ4n) is 4.73. The van der Waals surface area contributed by atoms with Gasteiger partial charge in [-0.25, -0.2) is 0 Å². The molecule has 0 aliphatic carbocycles. The van der Waals surface area contributed by atoms with Crippen molar-refractivity contribution in [2.45, 2.75) is 33.7 Å². The number of amides is 2. The lowest BCUT2D eigenvalue weighted by Crippen LogP contribution is -2.47. The van der Waals surface area contributed by atoms with Gasteiger partial charge in [0.2, 0.25) is 5.91 Å². The lowest BCUT2D eigenvalue weighted by molar-refractivity contribution is -0.111. The van der Waals surface area contributed by atoms with Gasteiger partial charge < -0.3 is 20.1 Å². The highest BCUT2D eigenvalue weighted by Gasteiger charge is 2.27. The quantitative estimate of drug-likeness (QED) is 0.465. The van der Waals surface area contributed by atoms with Crippen LogP contribution in [0.15, 0.2) is 59.1 Å². The molecule has 0 spiro atoms. The molecule has 9 heteroatoms. The summed E-state index contributed by atoms with van der Waals surface area (Å²) < 4.78 is 5.09. The van der Waals surface area contributed by atoms with Crippen molar-refractivity contribution in [3.05, 3.63) is 82.2 Å². The smallest absolute Gasteiger partial charge is 0.261 e. The molecule has 8 nitrogen and oxygen atoms in total. The van der Waals surface area contributed by atoms with Crippen molar-refractivity contribution in [3.63, 3.8) is 0 Å². The van der Waals surface area contributed by atoms with Crippen LogP contribution in [0.25, 0.3) is 0 Å². The summed E-state index contributed by atoms with van der Waals surface area (Å²) in [5.74, 6) is 0.0992. The minimum Gasteiger partial charge on any atom is -0.368 e. The first-order chi connectivity index (χ1) is 17.9. The molecule has 1 saturated heterocycles. The number of anilines is 3. The van der Waals surface area contributed by atoms with Crippen LogP contribution in [0.3, 0.4) is 0 Å². The van der Waals surface area contributed by atoms with Gasteiger partial charge in [0.05, 0.1) is 22.4 Å². The second-order valence-electron chi connectivity index (χ2n) is 8.72. The Kier molecular flexibility index (Phi) is 8.31. The molecule has 37 heavy (non-hydrogen) atoms. The molecule has 1 fully saturated rings. The van der Waals surface area contributed by atoms with Crippen LogP contribution in [0.5, 0.6) is 0 Å². The molecule has 194 valence electrons. The molecule has 1 aromatic heterocycles. The summed E-state index contributed by atoms with van der Waals surface area (Å²) in [6.07, 6.45) is 3.59. The van der Waals surface area contributed by atoms with Gasteiger partial charge in [0, 0.05) is 43.6 Å². The van der Waals surface area contributed by atoms with Crippen molar-refractivity contribution in [2.75, 3.05) is 41.7 Å². The van der Waals surface area contributed by atoms with Crippen LogP contribution in [0.2, 0.25) is 5.02 Å². The molecule has 0 bridgehead atoms. The minimum atomic E-state index is -0.275. The van der Waals surface area contributed by atoms with Crippen molar-refractivity contribution in [1.29, 1.82) is 0 Å². The number of nitrogens with one attached hydrogen (secondary N) is 2. The summed E-state index contributed by atoms with van der Waals surface area (Å²) in [6.45, 7) is 10.7. The fourth-order valence-corrected chi connectivity index (χ4v) is 5.03. The zero-order chi connectivity index (χ0) is 26.5. The summed E-state index contributed by atoms with van der Waals surface area (Å²) in [4.78, 5) is 29.3. The number of hydrogen-bond donors (Lipinski definition) is 2. The maximum atomic E-state index is 12.6. The van der Waals surface area contributed by atoms with E-state index in [9.17, 15) is 9.59 Å². The Balaban J connectivity index is 0.00000156. The Hall–Kier alpha value is -3.62. The number of carbonyl (C=O) groups excluding carboxylic acids is 2. The Morgan fingerprint density at radius 3 is 2.51 bits per heavy atom. The van der Waals surface area contributed by atoms with E-state index in [0.717, 1.165) is 43.1 Å². The maximum absolute atomic E-state index is 12.6. The maximum Gasteiger partial charge on any atom is 0.261 e. The van der Waals surface area contributed by atoms with Crippen molar-refractivity contribution >= 4 is 40.5 Å². The third-order valence-electron chi connectivity index (χ3n) is 6.48. The summed E-state index contributed by atoms with van der Waals surface area (Å²) in [5.41, 5.74) is 4.47. The van der Waals surface area contributed by atoms with Gasteiger partial charge in [-0.15, -0.1) is 0 Å². The van der Waals surface area contributed by atoms with Gasteiger partial charge >= 0.3 is 0 Å². The van der Waals surface area contributed by atoms with Crippen LogP contribution in [0.1, 0.15) is 47.3 Å². The van der Waals surface area contributed by atoms with Crippen LogP contribution in [-0.4, -0.2) is 48.0 Å². The van der Waals surface area contributed by atoms with E-state index in [1.807, 2.05) is 50.3 Å². The van der Waals surface area contributed by atoms with Gasteiger partial charge in [-0.2, -0.15) is 0 Å². The first-order valence-electron chi connectivity index (χ1n) is 12.5. The van der Waals surface area contributed by atoms with E-state index < -0.39 is 0 Å². The molecule has 5 rings (SSSR count). The number of benzene rings is 2. The van der Waals surface area contributed by atoms with Crippen molar-refractivity contribution in [2.24, 2.45) is 0 Å². The number of para-hydroxylation sites is 1. The number of aromatic nitrogens is 1. The van der Waals surface area contributed by atoms with E-state index in [-0.39, 0.29) is 17.9 Å². The average molecular weight is 522 g/mol. The molecular formula is C28H32ClN5O3. The molecule has 0 saturated carbocycles. The Morgan fingerprint density at radius 2 is 1.84 bits per heavy atom. The third-order valence-corrected chi connectivity index (χ3v) is 6.78. The number of aryl methyl sites for hydroxylation is 2. The minimum absolute atomic E-state index is 0.0321.